The number of fused-ring (bicyclic) bond motifs is 1. The highest BCUT2D eigenvalue weighted by atomic mass is 32.2. The second-order valence-corrected chi connectivity index (χ2v) is 8.75. The number of amides is 1. The average Bonchev–Trinajstić information content (AvgIpc) is 3.34. The molecule has 3 aromatic heterocycles. The molecular weight excluding hydrogens is 396 g/mol. The average molecular weight is 413 g/mol. The molecule has 27 heavy (non-hydrogen) atoms. The summed E-state index contributed by atoms with van der Waals surface area (Å²) in [5.74, 6) is 1.18. The van der Waals surface area contributed by atoms with Crippen LogP contribution in [0.3, 0.4) is 0 Å². The molecule has 0 bridgehead atoms. The minimum atomic E-state index is 0.0155. The highest BCUT2D eigenvalue weighted by Gasteiger charge is 2.08. The highest BCUT2D eigenvalue weighted by molar-refractivity contribution is 7.99. The first-order chi connectivity index (χ1) is 13.3. The number of nitrogens with one attached hydrogen (secondary N) is 1. The summed E-state index contributed by atoms with van der Waals surface area (Å²) in [4.78, 5) is 25.2. The van der Waals surface area contributed by atoms with Crippen molar-refractivity contribution in [2.24, 2.45) is 0 Å². The van der Waals surface area contributed by atoms with E-state index in [-0.39, 0.29) is 5.91 Å². The van der Waals surface area contributed by atoms with Crippen molar-refractivity contribution in [1.29, 1.82) is 0 Å². The Labute approximate surface area is 168 Å². The van der Waals surface area contributed by atoms with Crippen LogP contribution < -0.4 is 5.32 Å². The van der Waals surface area contributed by atoms with Crippen molar-refractivity contribution in [2.75, 3.05) is 5.75 Å². The number of para-hydroxylation sites is 1. The topological polar surface area (TPSA) is 67.8 Å². The van der Waals surface area contributed by atoms with E-state index in [9.17, 15) is 4.79 Å². The van der Waals surface area contributed by atoms with Gasteiger partial charge < -0.3 is 5.32 Å². The Morgan fingerprint density at radius 1 is 1.07 bits per heavy atom. The van der Waals surface area contributed by atoms with Gasteiger partial charge in [0.1, 0.15) is 10.0 Å². The van der Waals surface area contributed by atoms with Crippen molar-refractivity contribution < 1.29 is 4.79 Å². The summed E-state index contributed by atoms with van der Waals surface area (Å²) in [7, 11) is 0. The zero-order chi connectivity index (χ0) is 18.5. The fourth-order valence-corrected chi connectivity index (χ4v) is 5.11. The minimum absolute atomic E-state index is 0.0155. The van der Waals surface area contributed by atoms with Crippen LogP contribution in [0.25, 0.3) is 21.5 Å². The number of thioether (sulfide) groups is 1. The standard InChI is InChI=1S/C19H16N4OS3/c24-17(11-25-12-19-22-14-3-1-2-4-16(14)27-19)21-9-18-23-15(10-26-18)13-5-7-20-8-6-13/h1-8,10H,9,11-12H2,(H,21,24). The van der Waals surface area contributed by atoms with Crippen LogP contribution in [-0.2, 0) is 17.1 Å². The molecule has 0 fully saturated rings. The predicted octanol–water partition coefficient (Wildman–Crippen LogP) is 4.36. The number of hydrogen-bond acceptors (Lipinski definition) is 7. The number of carbonyl (C=O) groups is 1. The molecule has 0 spiro atoms. The lowest BCUT2D eigenvalue weighted by Gasteiger charge is -2.02. The number of hydrogen-bond donors (Lipinski definition) is 1. The van der Waals surface area contributed by atoms with E-state index in [0.29, 0.717) is 12.3 Å². The molecule has 4 aromatic rings. The second kappa shape index (κ2) is 8.60. The summed E-state index contributed by atoms with van der Waals surface area (Å²) in [6, 6.07) is 11.9. The first kappa shape index (κ1) is 18.1. The van der Waals surface area contributed by atoms with Crippen molar-refractivity contribution in [2.45, 2.75) is 12.3 Å². The van der Waals surface area contributed by atoms with Crippen LogP contribution in [-0.4, -0.2) is 26.6 Å². The van der Waals surface area contributed by atoms with Gasteiger partial charge in [0.15, 0.2) is 0 Å². The molecule has 0 aliphatic rings. The maximum Gasteiger partial charge on any atom is 0.230 e. The second-order valence-electron chi connectivity index (χ2n) is 5.71. The number of carbonyl (C=O) groups excluding carboxylic acids is 1. The Balaban J connectivity index is 1.23. The van der Waals surface area contributed by atoms with Gasteiger partial charge in [-0.05, 0) is 24.3 Å². The van der Waals surface area contributed by atoms with Crippen molar-refractivity contribution in [3.8, 4) is 11.3 Å². The molecule has 5 nitrogen and oxygen atoms in total. The van der Waals surface area contributed by atoms with Crippen LogP contribution in [0.15, 0.2) is 54.2 Å². The molecule has 0 atom stereocenters. The van der Waals surface area contributed by atoms with Gasteiger partial charge in [-0.15, -0.1) is 34.4 Å². The normalized spacial score (nSPS) is 11.0. The van der Waals surface area contributed by atoms with Crippen molar-refractivity contribution in [3.05, 3.63) is 64.2 Å². The molecule has 0 radical (unpaired) electrons. The zero-order valence-corrected chi connectivity index (χ0v) is 16.7. The largest absolute Gasteiger partial charge is 0.349 e. The smallest absolute Gasteiger partial charge is 0.230 e. The molecule has 4 rings (SSSR count). The lowest BCUT2D eigenvalue weighted by molar-refractivity contribution is -0.118. The van der Waals surface area contributed by atoms with Gasteiger partial charge in [0.05, 0.1) is 28.2 Å². The van der Waals surface area contributed by atoms with Gasteiger partial charge in [-0.25, -0.2) is 9.97 Å². The summed E-state index contributed by atoms with van der Waals surface area (Å²) in [5, 5.41) is 6.88. The lowest BCUT2D eigenvalue weighted by Crippen LogP contribution is -2.24. The summed E-state index contributed by atoms with van der Waals surface area (Å²) in [6.45, 7) is 0.455. The Morgan fingerprint density at radius 2 is 1.93 bits per heavy atom. The molecule has 3 heterocycles. The van der Waals surface area contributed by atoms with Crippen molar-refractivity contribution in [1.82, 2.24) is 20.3 Å². The quantitative estimate of drug-likeness (QED) is 0.488. The van der Waals surface area contributed by atoms with Gasteiger partial charge in [-0.1, -0.05) is 12.1 Å². The van der Waals surface area contributed by atoms with Crippen molar-refractivity contribution >= 4 is 50.6 Å². The number of aromatic nitrogens is 3. The monoisotopic (exact) mass is 412 g/mol. The van der Waals surface area contributed by atoms with Gasteiger partial charge >= 0.3 is 0 Å². The minimum Gasteiger partial charge on any atom is -0.349 e. The third-order valence-electron chi connectivity index (χ3n) is 3.76. The number of thiazole rings is 2. The number of pyridine rings is 1. The van der Waals surface area contributed by atoms with Gasteiger partial charge in [-0.3, -0.25) is 9.78 Å². The van der Waals surface area contributed by atoms with E-state index < -0.39 is 0 Å². The molecule has 1 aromatic carbocycles. The van der Waals surface area contributed by atoms with Crippen molar-refractivity contribution in [3.63, 3.8) is 0 Å². The molecule has 1 N–H and O–H groups in total. The van der Waals surface area contributed by atoms with Gasteiger partial charge in [0, 0.05) is 29.1 Å². The zero-order valence-electron chi connectivity index (χ0n) is 14.3. The Kier molecular flexibility index (Phi) is 5.76. The predicted molar refractivity (Wildman–Crippen MR) is 113 cm³/mol. The molecule has 0 unspecified atom stereocenters. The summed E-state index contributed by atoms with van der Waals surface area (Å²) < 4.78 is 1.19. The van der Waals surface area contributed by atoms with Crippen LogP contribution >= 0.6 is 34.4 Å². The molecular formula is C19H16N4OS3. The first-order valence-electron chi connectivity index (χ1n) is 8.31. The summed E-state index contributed by atoms with van der Waals surface area (Å²) in [5.41, 5.74) is 2.97. The molecule has 1 amide bonds. The Bertz CT molecular complexity index is 1010. The maximum absolute atomic E-state index is 12.1. The number of rotatable bonds is 7. The Hall–Kier alpha value is -2.29. The number of nitrogens with zero attached hydrogens (tertiary/aromatic N) is 3. The van der Waals surface area contributed by atoms with Crippen LogP contribution in [0, 0.1) is 0 Å². The van der Waals surface area contributed by atoms with Gasteiger partial charge in [0.25, 0.3) is 0 Å². The van der Waals surface area contributed by atoms with Gasteiger partial charge in [-0.2, -0.15) is 0 Å². The maximum atomic E-state index is 12.1. The fraction of sp³-hybridized carbons (Fsp3) is 0.158. The van der Waals surface area contributed by atoms with Crippen LogP contribution in [0.1, 0.15) is 10.0 Å². The van der Waals surface area contributed by atoms with Crippen LogP contribution in [0.4, 0.5) is 0 Å². The van der Waals surface area contributed by atoms with E-state index in [0.717, 1.165) is 32.5 Å². The van der Waals surface area contributed by atoms with E-state index >= 15 is 0 Å². The molecule has 0 aliphatic carbocycles. The summed E-state index contributed by atoms with van der Waals surface area (Å²) in [6.07, 6.45) is 3.50. The molecule has 0 saturated carbocycles. The lowest BCUT2D eigenvalue weighted by atomic mass is 10.2. The fourth-order valence-electron chi connectivity index (χ4n) is 2.49. The third-order valence-corrected chi connectivity index (χ3v) is 6.77. The van der Waals surface area contributed by atoms with E-state index in [1.165, 1.54) is 4.70 Å². The van der Waals surface area contributed by atoms with Crippen LogP contribution in [0.5, 0.6) is 0 Å². The Morgan fingerprint density at radius 3 is 2.78 bits per heavy atom. The van der Waals surface area contributed by atoms with Crippen LogP contribution in [0.2, 0.25) is 0 Å². The third kappa shape index (κ3) is 4.71. The van der Waals surface area contributed by atoms with E-state index in [1.54, 1.807) is 46.8 Å². The van der Waals surface area contributed by atoms with E-state index in [1.807, 2.05) is 35.7 Å². The molecule has 136 valence electrons. The van der Waals surface area contributed by atoms with Gasteiger partial charge in [0.2, 0.25) is 5.91 Å². The number of benzene rings is 1. The van der Waals surface area contributed by atoms with E-state index in [4.69, 9.17) is 0 Å². The van der Waals surface area contributed by atoms with E-state index in [2.05, 4.69) is 26.3 Å². The molecule has 8 heteroatoms. The SMILES string of the molecule is O=C(CSCc1nc2ccccc2s1)NCc1nc(-c2ccncc2)cs1. The molecule has 0 aliphatic heterocycles. The summed E-state index contributed by atoms with van der Waals surface area (Å²) >= 11 is 4.81. The first-order valence-corrected chi connectivity index (χ1v) is 11.2. The molecule has 0 saturated heterocycles. The highest BCUT2D eigenvalue weighted by Crippen LogP contribution is 2.25.